The van der Waals surface area contributed by atoms with Crippen LogP contribution in [-0.4, -0.2) is 38.2 Å². The van der Waals surface area contributed by atoms with Crippen LogP contribution < -0.4 is 18.9 Å². The first-order chi connectivity index (χ1) is 16.5. The fourth-order valence-corrected chi connectivity index (χ4v) is 3.96. The minimum Gasteiger partial charge on any atom is -0.493 e. The number of halogens is 2. The summed E-state index contributed by atoms with van der Waals surface area (Å²) < 4.78 is 38.0. The highest BCUT2D eigenvalue weighted by molar-refractivity contribution is 6.31. The molecule has 0 aliphatic heterocycles. The van der Waals surface area contributed by atoms with Gasteiger partial charge in [-0.05, 0) is 54.6 Å². The Morgan fingerprint density at radius 2 is 1.35 bits per heavy atom. The number of aromatic nitrogens is 2. The number of ether oxygens (including phenoxy) is 4. The van der Waals surface area contributed by atoms with Crippen molar-refractivity contribution < 1.29 is 23.3 Å². The van der Waals surface area contributed by atoms with Gasteiger partial charge in [0.05, 0.1) is 46.4 Å². The largest absolute Gasteiger partial charge is 0.493 e. The molecule has 3 aromatic carbocycles. The quantitative estimate of drug-likeness (QED) is 0.304. The number of hydrogen-bond acceptors (Lipinski definition) is 5. The summed E-state index contributed by atoms with van der Waals surface area (Å²) in [5, 5.41) is 5.12. The van der Waals surface area contributed by atoms with Crippen molar-refractivity contribution in [2.45, 2.75) is 6.54 Å². The van der Waals surface area contributed by atoms with Crippen molar-refractivity contribution >= 4 is 11.6 Å². The highest BCUT2D eigenvalue weighted by Crippen LogP contribution is 2.36. The van der Waals surface area contributed by atoms with Gasteiger partial charge in [0.2, 0.25) is 0 Å². The Kier molecular flexibility index (Phi) is 6.93. The van der Waals surface area contributed by atoms with Crippen molar-refractivity contribution in [1.29, 1.82) is 0 Å². The molecule has 0 aliphatic carbocycles. The molecule has 8 heteroatoms. The first-order valence-electron chi connectivity index (χ1n) is 10.4. The van der Waals surface area contributed by atoms with Gasteiger partial charge in [-0.3, -0.25) is 4.68 Å². The standard InChI is InChI=1S/C26H24ClFN2O4/c1-31-23-10-8-16(12-25(23)33-3)21-14-22(17-9-11-24(32-2)26(13-17)34-4)30(29-21)15-18-19(27)6-5-7-20(18)28/h5-14H,15H2,1-4H3. The van der Waals surface area contributed by atoms with Gasteiger partial charge in [-0.1, -0.05) is 17.7 Å². The van der Waals surface area contributed by atoms with Gasteiger partial charge in [-0.2, -0.15) is 5.10 Å². The van der Waals surface area contributed by atoms with E-state index in [1.54, 1.807) is 45.3 Å². The van der Waals surface area contributed by atoms with E-state index in [1.807, 2.05) is 42.5 Å². The molecule has 0 unspecified atom stereocenters. The molecule has 6 nitrogen and oxygen atoms in total. The van der Waals surface area contributed by atoms with E-state index in [0.717, 1.165) is 16.8 Å². The van der Waals surface area contributed by atoms with Crippen LogP contribution in [0.2, 0.25) is 5.02 Å². The van der Waals surface area contributed by atoms with E-state index in [4.69, 9.17) is 35.6 Å². The Morgan fingerprint density at radius 3 is 1.94 bits per heavy atom. The Hall–Kier alpha value is -3.71. The third-order valence-electron chi connectivity index (χ3n) is 5.51. The molecule has 0 atom stereocenters. The lowest BCUT2D eigenvalue weighted by Gasteiger charge is -2.12. The normalized spacial score (nSPS) is 10.8. The zero-order chi connectivity index (χ0) is 24.2. The van der Waals surface area contributed by atoms with Crippen LogP contribution in [0.1, 0.15) is 5.56 Å². The zero-order valence-corrected chi connectivity index (χ0v) is 20.0. The summed E-state index contributed by atoms with van der Waals surface area (Å²) in [6.45, 7) is 0.141. The molecule has 0 amide bonds. The maximum absolute atomic E-state index is 14.6. The Morgan fingerprint density at radius 1 is 0.765 bits per heavy atom. The van der Waals surface area contributed by atoms with Crippen LogP contribution in [0, 0.1) is 5.82 Å². The molecule has 4 aromatic rings. The first kappa shape index (κ1) is 23.4. The van der Waals surface area contributed by atoms with Crippen LogP contribution >= 0.6 is 11.6 Å². The van der Waals surface area contributed by atoms with Gasteiger partial charge in [-0.15, -0.1) is 0 Å². The maximum atomic E-state index is 14.6. The van der Waals surface area contributed by atoms with Crippen molar-refractivity contribution in [2.24, 2.45) is 0 Å². The SMILES string of the molecule is COc1ccc(-c2cc(-c3ccc(OC)c(OC)c3)n(Cc3c(F)cccc3Cl)n2)cc1OC. The monoisotopic (exact) mass is 482 g/mol. The van der Waals surface area contributed by atoms with Crippen molar-refractivity contribution in [3.05, 3.63) is 77.1 Å². The molecule has 0 bridgehead atoms. The van der Waals surface area contributed by atoms with Crippen LogP contribution in [-0.2, 0) is 6.54 Å². The van der Waals surface area contributed by atoms with Crippen molar-refractivity contribution in [2.75, 3.05) is 28.4 Å². The second-order valence-electron chi connectivity index (χ2n) is 7.41. The summed E-state index contributed by atoms with van der Waals surface area (Å²) in [6.07, 6.45) is 0. The van der Waals surface area contributed by atoms with Gasteiger partial charge in [0.25, 0.3) is 0 Å². The smallest absolute Gasteiger partial charge is 0.161 e. The Bertz CT molecular complexity index is 1300. The van der Waals surface area contributed by atoms with E-state index in [2.05, 4.69) is 0 Å². The average Bonchev–Trinajstić information content (AvgIpc) is 3.29. The molecular weight excluding hydrogens is 459 g/mol. The summed E-state index contributed by atoms with van der Waals surface area (Å²) >= 11 is 6.31. The summed E-state index contributed by atoms with van der Waals surface area (Å²) in [6, 6.07) is 17.7. The highest BCUT2D eigenvalue weighted by Gasteiger charge is 2.18. The molecule has 34 heavy (non-hydrogen) atoms. The minimum atomic E-state index is -0.395. The van der Waals surface area contributed by atoms with E-state index >= 15 is 0 Å². The topological polar surface area (TPSA) is 54.7 Å². The van der Waals surface area contributed by atoms with Crippen molar-refractivity contribution in [3.63, 3.8) is 0 Å². The lowest BCUT2D eigenvalue weighted by atomic mass is 10.1. The highest BCUT2D eigenvalue weighted by atomic mass is 35.5. The number of rotatable bonds is 8. The van der Waals surface area contributed by atoms with Gasteiger partial charge >= 0.3 is 0 Å². The molecule has 0 N–H and O–H groups in total. The van der Waals surface area contributed by atoms with Crippen LogP contribution in [0.25, 0.3) is 22.5 Å². The van der Waals surface area contributed by atoms with Crippen LogP contribution in [0.4, 0.5) is 4.39 Å². The molecule has 1 aromatic heterocycles. The van der Waals surface area contributed by atoms with Gasteiger partial charge in [-0.25, -0.2) is 4.39 Å². The molecule has 0 saturated carbocycles. The molecule has 0 aliphatic rings. The predicted molar refractivity (Wildman–Crippen MR) is 130 cm³/mol. The molecule has 176 valence electrons. The summed E-state index contributed by atoms with van der Waals surface area (Å²) in [4.78, 5) is 0. The van der Waals surface area contributed by atoms with Crippen molar-refractivity contribution in [1.82, 2.24) is 9.78 Å². The lowest BCUT2D eigenvalue weighted by molar-refractivity contribution is 0.355. The number of nitrogens with zero attached hydrogens (tertiary/aromatic N) is 2. The third kappa shape index (κ3) is 4.52. The van der Waals surface area contributed by atoms with E-state index < -0.39 is 5.82 Å². The molecular formula is C26H24ClFN2O4. The van der Waals surface area contributed by atoms with Gasteiger partial charge in [0, 0.05) is 21.7 Å². The van der Waals surface area contributed by atoms with Crippen molar-refractivity contribution in [3.8, 4) is 45.5 Å². The molecule has 4 rings (SSSR count). The van der Waals surface area contributed by atoms with Gasteiger partial charge in [0.1, 0.15) is 5.82 Å². The summed E-state index contributed by atoms with van der Waals surface area (Å²) in [7, 11) is 6.32. The minimum absolute atomic E-state index is 0.141. The summed E-state index contributed by atoms with van der Waals surface area (Å²) in [5.74, 6) is 1.98. The van der Waals surface area contributed by atoms with E-state index in [-0.39, 0.29) is 6.54 Å². The fourth-order valence-electron chi connectivity index (χ4n) is 3.74. The van der Waals surface area contributed by atoms with Gasteiger partial charge < -0.3 is 18.9 Å². The number of methoxy groups -OCH3 is 4. The van der Waals surface area contributed by atoms with E-state index in [1.165, 1.54) is 6.07 Å². The fraction of sp³-hybridized carbons (Fsp3) is 0.192. The van der Waals surface area contributed by atoms with Crippen LogP contribution in [0.5, 0.6) is 23.0 Å². The van der Waals surface area contributed by atoms with E-state index in [0.29, 0.717) is 39.3 Å². The number of hydrogen-bond donors (Lipinski definition) is 0. The lowest BCUT2D eigenvalue weighted by Crippen LogP contribution is -2.06. The molecule has 0 saturated heterocycles. The number of benzene rings is 3. The third-order valence-corrected chi connectivity index (χ3v) is 5.86. The van der Waals surface area contributed by atoms with E-state index in [9.17, 15) is 4.39 Å². The van der Waals surface area contributed by atoms with Gasteiger partial charge in [0.15, 0.2) is 23.0 Å². The second kappa shape index (κ2) is 10.1. The first-order valence-corrected chi connectivity index (χ1v) is 10.8. The molecule has 0 spiro atoms. The Balaban J connectivity index is 1.86. The predicted octanol–water partition coefficient (Wildman–Crippen LogP) is 6.09. The molecule has 1 heterocycles. The average molecular weight is 483 g/mol. The zero-order valence-electron chi connectivity index (χ0n) is 19.3. The maximum Gasteiger partial charge on any atom is 0.161 e. The Labute approximate surface area is 202 Å². The molecule has 0 radical (unpaired) electrons. The molecule has 0 fully saturated rings. The second-order valence-corrected chi connectivity index (χ2v) is 7.82. The van der Waals surface area contributed by atoms with Crippen LogP contribution in [0.3, 0.4) is 0 Å². The van der Waals surface area contributed by atoms with Crippen LogP contribution in [0.15, 0.2) is 60.7 Å². The summed E-state index contributed by atoms with van der Waals surface area (Å²) in [5.41, 5.74) is 3.43.